The standard InChI is InChI=1S/C18H26BrNO/c1-4-5-6-7-8-13(2)20-14(3)18-12-15-11-16(19)9-10-17(15)21-18/h9-14,20H,4-8H2,1-3H3. The van der Waals surface area contributed by atoms with E-state index in [9.17, 15) is 0 Å². The molecule has 0 saturated heterocycles. The fourth-order valence-electron chi connectivity index (χ4n) is 2.72. The lowest BCUT2D eigenvalue weighted by molar-refractivity contribution is 0.391. The largest absolute Gasteiger partial charge is 0.459 e. The van der Waals surface area contributed by atoms with E-state index in [2.05, 4.69) is 54.2 Å². The maximum Gasteiger partial charge on any atom is 0.134 e. The topological polar surface area (TPSA) is 25.2 Å². The van der Waals surface area contributed by atoms with Crippen molar-refractivity contribution < 1.29 is 4.42 Å². The number of rotatable bonds is 8. The van der Waals surface area contributed by atoms with Crippen molar-refractivity contribution in [3.8, 4) is 0 Å². The molecule has 0 bridgehead atoms. The van der Waals surface area contributed by atoms with Crippen LogP contribution in [0.4, 0.5) is 0 Å². The van der Waals surface area contributed by atoms with Crippen LogP contribution in [-0.4, -0.2) is 6.04 Å². The summed E-state index contributed by atoms with van der Waals surface area (Å²) in [5, 5.41) is 4.80. The van der Waals surface area contributed by atoms with Gasteiger partial charge in [-0.05, 0) is 44.5 Å². The number of hydrogen-bond donors (Lipinski definition) is 1. The van der Waals surface area contributed by atoms with Crippen LogP contribution in [0.15, 0.2) is 33.2 Å². The molecule has 0 radical (unpaired) electrons. The van der Waals surface area contributed by atoms with Gasteiger partial charge in [0.15, 0.2) is 0 Å². The zero-order valence-electron chi connectivity index (χ0n) is 13.3. The fraction of sp³-hybridized carbons (Fsp3) is 0.556. The average Bonchev–Trinajstić information content (AvgIpc) is 2.86. The molecule has 2 nitrogen and oxygen atoms in total. The highest BCUT2D eigenvalue weighted by Gasteiger charge is 2.14. The Labute approximate surface area is 136 Å². The quantitative estimate of drug-likeness (QED) is 0.572. The van der Waals surface area contributed by atoms with Crippen molar-refractivity contribution in [3.63, 3.8) is 0 Å². The summed E-state index contributed by atoms with van der Waals surface area (Å²) in [7, 11) is 0. The van der Waals surface area contributed by atoms with Crippen molar-refractivity contribution in [2.75, 3.05) is 0 Å². The SMILES string of the molecule is CCCCCCC(C)NC(C)c1cc2cc(Br)ccc2o1. The van der Waals surface area contributed by atoms with E-state index >= 15 is 0 Å². The molecule has 3 heteroatoms. The number of nitrogens with one attached hydrogen (secondary N) is 1. The van der Waals surface area contributed by atoms with Gasteiger partial charge in [0.2, 0.25) is 0 Å². The maximum atomic E-state index is 5.95. The summed E-state index contributed by atoms with van der Waals surface area (Å²) >= 11 is 3.50. The number of halogens is 1. The summed E-state index contributed by atoms with van der Waals surface area (Å²) in [6, 6.07) is 9.05. The molecule has 0 spiro atoms. The minimum Gasteiger partial charge on any atom is -0.459 e. The molecule has 1 aromatic heterocycles. The number of fused-ring (bicyclic) bond motifs is 1. The molecule has 116 valence electrons. The van der Waals surface area contributed by atoms with E-state index in [0.29, 0.717) is 6.04 Å². The molecule has 0 amide bonds. The molecule has 0 aliphatic carbocycles. The van der Waals surface area contributed by atoms with E-state index in [1.807, 2.05) is 12.1 Å². The lowest BCUT2D eigenvalue weighted by atomic mass is 10.1. The Morgan fingerprint density at radius 2 is 1.95 bits per heavy atom. The molecule has 1 heterocycles. The first kappa shape index (κ1) is 16.6. The predicted molar refractivity (Wildman–Crippen MR) is 93.7 cm³/mol. The van der Waals surface area contributed by atoms with Gasteiger partial charge in [0.05, 0.1) is 6.04 Å². The van der Waals surface area contributed by atoms with Crippen molar-refractivity contribution in [2.45, 2.75) is 65.0 Å². The summed E-state index contributed by atoms with van der Waals surface area (Å²) in [5.41, 5.74) is 0.956. The zero-order chi connectivity index (χ0) is 15.2. The second-order valence-corrected chi connectivity index (χ2v) is 6.89. The highest BCUT2D eigenvalue weighted by atomic mass is 79.9. The number of benzene rings is 1. The number of hydrogen-bond acceptors (Lipinski definition) is 2. The normalized spacial score (nSPS) is 14.5. The van der Waals surface area contributed by atoms with E-state index < -0.39 is 0 Å². The summed E-state index contributed by atoms with van der Waals surface area (Å²) < 4.78 is 7.04. The molecule has 2 rings (SSSR count). The summed E-state index contributed by atoms with van der Waals surface area (Å²) in [6.07, 6.45) is 6.53. The van der Waals surface area contributed by atoms with Gasteiger partial charge in [0.1, 0.15) is 11.3 Å². The first-order valence-corrected chi connectivity index (χ1v) is 8.84. The van der Waals surface area contributed by atoms with Crippen molar-refractivity contribution in [3.05, 3.63) is 34.5 Å². The third-order valence-corrected chi connectivity index (χ3v) is 4.44. The Kier molecular flexibility index (Phi) is 6.31. The summed E-state index contributed by atoms with van der Waals surface area (Å²) in [6.45, 7) is 6.70. The molecule has 1 N–H and O–H groups in total. The van der Waals surface area contributed by atoms with Gasteiger partial charge in [-0.2, -0.15) is 0 Å². The molecular weight excluding hydrogens is 326 g/mol. The molecule has 2 atom stereocenters. The molecule has 0 aliphatic heterocycles. The average molecular weight is 352 g/mol. The minimum atomic E-state index is 0.248. The highest BCUT2D eigenvalue weighted by Crippen LogP contribution is 2.26. The van der Waals surface area contributed by atoms with E-state index in [0.717, 1.165) is 21.2 Å². The van der Waals surface area contributed by atoms with Gasteiger partial charge in [-0.25, -0.2) is 0 Å². The van der Waals surface area contributed by atoms with Gasteiger partial charge >= 0.3 is 0 Å². The molecule has 2 unspecified atom stereocenters. The van der Waals surface area contributed by atoms with Crippen molar-refractivity contribution >= 4 is 26.9 Å². The molecule has 0 aliphatic rings. The van der Waals surface area contributed by atoms with Crippen LogP contribution in [0.1, 0.15) is 64.7 Å². The van der Waals surface area contributed by atoms with E-state index in [1.165, 1.54) is 32.1 Å². The number of unbranched alkanes of at least 4 members (excludes halogenated alkanes) is 3. The molecule has 0 fully saturated rings. The first-order valence-electron chi connectivity index (χ1n) is 8.05. The maximum absolute atomic E-state index is 5.95. The summed E-state index contributed by atoms with van der Waals surface area (Å²) in [5.74, 6) is 1.02. The van der Waals surface area contributed by atoms with E-state index in [-0.39, 0.29) is 6.04 Å². The van der Waals surface area contributed by atoms with Gasteiger partial charge < -0.3 is 9.73 Å². The second-order valence-electron chi connectivity index (χ2n) is 5.97. The summed E-state index contributed by atoms with van der Waals surface area (Å²) in [4.78, 5) is 0. The first-order chi connectivity index (χ1) is 10.1. The predicted octanol–water partition coefficient (Wildman–Crippen LogP) is 6.20. The Morgan fingerprint density at radius 3 is 2.71 bits per heavy atom. The van der Waals surface area contributed by atoms with Crippen LogP contribution in [-0.2, 0) is 0 Å². The van der Waals surface area contributed by atoms with Crippen LogP contribution in [0.2, 0.25) is 0 Å². The Bertz CT molecular complexity index is 563. The lowest BCUT2D eigenvalue weighted by Crippen LogP contribution is -2.28. The van der Waals surface area contributed by atoms with Gasteiger partial charge in [-0.15, -0.1) is 0 Å². The van der Waals surface area contributed by atoms with E-state index in [4.69, 9.17) is 4.42 Å². The third kappa shape index (κ3) is 4.86. The smallest absolute Gasteiger partial charge is 0.134 e. The molecule has 21 heavy (non-hydrogen) atoms. The van der Waals surface area contributed by atoms with Gasteiger partial charge in [-0.1, -0.05) is 48.5 Å². The van der Waals surface area contributed by atoms with Crippen LogP contribution < -0.4 is 5.32 Å². The van der Waals surface area contributed by atoms with Crippen LogP contribution in [0.5, 0.6) is 0 Å². The molecule has 0 saturated carbocycles. The molecule has 1 aromatic carbocycles. The van der Waals surface area contributed by atoms with Gasteiger partial charge in [0.25, 0.3) is 0 Å². The van der Waals surface area contributed by atoms with Crippen molar-refractivity contribution in [1.29, 1.82) is 0 Å². The Hall–Kier alpha value is -0.800. The molecule has 2 aromatic rings. The van der Waals surface area contributed by atoms with Crippen LogP contribution in [0, 0.1) is 0 Å². The Balaban J connectivity index is 1.90. The lowest BCUT2D eigenvalue weighted by Gasteiger charge is -2.18. The van der Waals surface area contributed by atoms with Crippen LogP contribution in [0.3, 0.4) is 0 Å². The fourth-order valence-corrected chi connectivity index (χ4v) is 3.10. The van der Waals surface area contributed by atoms with Gasteiger partial charge in [-0.3, -0.25) is 0 Å². The third-order valence-electron chi connectivity index (χ3n) is 3.95. The number of furan rings is 1. The van der Waals surface area contributed by atoms with Crippen molar-refractivity contribution in [2.24, 2.45) is 0 Å². The highest BCUT2D eigenvalue weighted by molar-refractivity contribution is 9.10. The minimum absolute atomic E-state index is 0.248. The van der Waals surface area contributed by atoms with Crippen LogP contribution in [0.25, 0.3) is 11.0 Å². The zero-order valence-corrected chi connectivity index (χ0v) is 14.9. The Morgan fingerprint density at radius 1 is 1.14 bits per heavy atom. The van der Waals surface area contributed by atoms with Crippen molar-refractivity contribution in [1.82, 2.24) is 5.32 Å². The molecular formula is C18H26BrNO. The second kappa shape index (κ2) is 8.00. The van der Waals surface area contributed by atoms with Crippen LogP contribution >= 0.6 is 15.9 Å². The van der Waals surface area contributed by atoms with E-state index in [1.54, 1.807) is 0 Å². The monoisotopic (exact) mass is 351 g/mol. The van der Waals surface area contributed by atoms with Gasteiger partial charge in [0, 0.05) is 15.9 Å².